The van der Waals surface area contributed by atoms with E-state index in [4.69, 9.17) is 0 Å². The second kappa shape index (κ2) is 14.8. The van der Waals surface area contributed by atoms with Gasteiger partial charge in [-0.1, -0.05) is 108 Å². The lowest BCUT2D eigenvalue weighted by molar-refractivity contribution is 0.412. The molecule has 0 amide bonds. The average molecular weight is 318 g/mol. The highest BCUT2D eigenvalue weighted by Gasteiger charge is 2.08. The molecule has 0 aliphatic rings. The Morgan fingerprint density at radius 2 is 1.22 bits per heavy atom. The van der Waals surface area contributed by atoms with Crippen LogP contribution in [0.3, 0.4) is 0 Å². The maximum absolute atomic E-state index is 3.82. The summed E-state index contributed by atoms with van der Waals surface area (Å²) in [6.07, 6.45) is 16.6. The van der Waals surface area contributed by atoms with Gasteiger partial charge in [-0.2, -0.15) is 0 Å². The zero-order valence-electron chi connectivity index (χ0n) is 15.7. The Morgan fingerprint density at radius 3 is 1.74 bits per heavy atom. The fraction of sp³-hybridized carbons (Fsp3) is 0.727. The van der Waals surface area contributed by atoms with Crippen molar-refractivity contribution in [2.75, 3.05) is 0 Å². The van der Waals surface area contributed by atoms with E-state index in [0.29, 0.717) is 6.04 Å². The van der Waals surface area contributed by atoms with E-state index in [1.165, 1.54) is 82.6 Å². The predicted octanol–water partition coefficient (Wildman–Crippen LogP) is 6.87. The molecule has 0 radical (unpaired) electrons. The van der Waals surface area contributed by atoms with E-state index in [0.717, 1.165) is 6.54 Å². The van der Waals surface area contributed by atoms with E-state index in [-0.39, 0.29) is 0 Å². The van der Waals surface area contributed by atoms with Crippen LogP contribution >= 0.6 is 0 Å². The van der Waals surface area contributed by atoms with Crippen LogP contribution in [0.1, 0.15) is 96.5 Å². The summed E-state index contributed by atoms with van der Waals surface area (Å²) >= 11 is 0. The molecule has 0 bridgehead atoms. The summed E-state index contributed by atoms with van der Waals surface area (Å²) in [5, 5.41) is 3.82. The predicted molar refractivity (Wildman–Crippen MR) is 104 cm³/mol. The molecule has 0 atom stereocenters. The molecule has 0 aliphatic carbocycles. The first kappa shape index (κ1) is 20.2. The third kappa shape index (κ3) is 11.4. The Hall–Kier alpha value is -0.820. The minimum atomic E-state index is 0.707. The Morgan fingerprint density at radius 1 is 0.696 bits per heavy atom. The van der Waals surface area contributed by atoms with Crippen molar-refractivity contribution in [1.29, 1.82) is 0 Å². The van der Waals surface area contributed by atoms with Gasteiger partial charge in [-0.05, 0) is 18.4 Å². The zero-order valence-corrected chi connectivity index (χ0v) is 15.7. The van der Waals surface area contributed by atoms with Gasteiger partial charge in [0, 0.05) is 12.6 Å². The normalized spacial score (nSPS) is 11.3. The molecule has 1 rings (SSSR count). The maximum Gasteiger partial charge on any atom is 0.0208 e. The monoisotopic (exact) mass is 317 g/mol. The number of hydrogen-bond donors (Lipinski definition) is 1. The second-order valence-electron chi connectivity index (χ2n) is 6.97. The van der Waals surface area contributed by atoms with Gasteiger partial charge in [-0.15, -0.1) is 0 Å². The van der Waals surface area contributed by atoms with Gasteiger partial charge in [0.1, 0.15) is 0 Å². The Balaban J connectivity index is 2.25. The third-order valence-corrected chi connectivity index (χ3v) is 4.75. The molecule has 0 spiro atoms. The number of nitrogens with one attached hydrogen (secondary N) is 1. The first-order valence-electron chi connectivity index (χ1n) is 10.1. The van der Waals surface area contributed by atoms with Crippen molar-refractivity contribution < 1.29 is 0 Å². The fourth-order valence-electron chi connectivity index (χ4n) is 3.20. The van der Waals surface area contributed by atoms with Gasteiger partial charge >= 0.3 is 0 Å². The van der Waals surface area contributed by atoms with Crippen molar-refractivity contribution in [1.82, 2.24) is 5.32 Å². The van der Waals surface area contributed by atoms with Crippen molar-refractivity contribution in [3.63, 3.8) is 0 Å². The van der Waals surface area contributed by atoms with E-state index in [2.05, 4.69) is 49.5 Å². The molecule has 1 nitrogen and oxygen atoms in total. The molecule has 23 heavy (non-hydrogen) atoms. The molecule has 0 aromatic heterocycles. The summed E-state index contributed by atoms with van der Waals surface area (Å²) in [5.74, 6) is 0. The van der Waals surface area contributed by atoms with Crippen LogP contribution in [0.15, 0.2) is 30.3 Å². The summed E-state index contributed by atoms with van der Waals surface area (Å²) < 4.78 is 0. The highest BCUT2D eigenvalue weighted by molar-refractivity contribution is 5.14. The van der Waals surface area contributed by atoms with Crippen LogP contribution in [0.4, 0.5) is 0 Å². The van der Waals surface area contributed by atoms with E-state index < -0.39 is 0 Å². The average Bonchev–Trinajstić information content (AvgIpc) is 2.59. The standard InChI is InChI=1S/C22H39N/c1-3-5-7-9-14-18-22(19-15-10-8-6-4-2)23-20-21-16-12-11-13-17-21/h11-13,16-17,22-23H,3-10,14-15,18-20H2,1-2H3. The molecule has 1 aromatic rings. The van der Waals surface area contributed by atoms with Crippen LogP contribution in [-0.2, 0) is 6.54 Å². The number of benzene rings is 1. The van der Waals surface area contributed by atoms with Crippen molar-refractivity contribution in [2.24, 2.45) is 0 Å². The van der Waals surface area contributed by atoms with E-state index in [9.17, 15) is 0 Å². The van der Waals surface area contributed by atoms with E-state index >= 15 is 0 Å². The minimum absolute atomic E-state index is 0.707. The van der Waals surface area contributed by atoms with Crippen LogP contribution in [0.5, 0.6) is 0 Å². The number of rotatable bonds is 15. The SMILES string of the molecule is CCCCCCCC(CCCCCCC)NCc1ccccc1. The Labute approximate surface area is 145 Å². The molecular weight excluding hydrogens is 278 g/mol. The van der Waals surface area contributed by atoms with Gasteiger partial charge in [0.05, 0.1) is 0 Å². The Bertz CT molecular complexity index is 332. The van der Waals surface area contributed by atoms with Crippen molar-refractivity contribution in [3.8, 4) is 0 Å². The molecule has 0 unspecified atom stereocenters. The third-order valence-electron chi connectivity index (χ3n) is 4.75. The molecule has 1 heteroatoms. The van der Waals surface area contributed by atoms with Crippen LogP contribution in [0.25, 0.3) is 0 Å². The second-order valence-corrected chi connectivity index (χ2v) is 6.97. The van der Waals surface area contributed by atoms with Crippen molar-refractivity contribution >= 4 is 0 Å². The fourth-order valence-corrected chi connectivity index (χ4v) is 3.20. The molecule has 0 heterocycles. The summed E-state index contributed by atoms with van der Waals surface area (Å²) in [6, 6.07) is 11.5. The van der Waals surface area contributed by atoms with Crippen molar-refractivity contribution in [2.45, 2.75) is 103 Å². The van der Waals surface area contributed by atoms with Gasteiger partial charge in [0.25, 0.3) is 0 Å². The van der Waals surface area contributed by atoms with Crippen LogP contribution in [0, 0.1) is 0 Å². The topological polar surface area (TPSA) is 12.0 Å². The smallest absolute Gasteiger partial charge is 0.0208 e. The molecule has 0 saturated heterocycles. The van der Waals surface area contributed by atoms with Crippen LogP contribution in [-0.4, -0.2) is 6.04 Å². The summed E-state index contributed by atoms with van der Waals surface area (Å²) in [5.41, 5.74) is 1.41. The lowest BCUT2D eigenvalue weighted by atomic mass is 10.00. The lowest BCUT2D eigenvalue weighted by Gasteiger charge is -2.19. The van der Waals surface area contributed by atoms with Crippen molar-refractivity contribution in [3.05, 3.63) is 35.9 Å². The van der Waals surface area contributed by atoms with Gasteiger partial charge in [0.2, 0.25) is 0 Å². The summed E-state index contributed by atoms with van der Waals surface area (Å²) in [7, 11) is 0. The molecule has 0 saturated carbocycles. The lowest BCUT2D eigenvalue weighted by Crippen LogP contribution is -2.28. The summed E-state index contributed by atoms with van der Waals surface area (Å²) in [4.78, 5) is 0. The van der Waals surface area contributed by atoms with Gasteiger partial charge in [-0.25, -0.2) is 0 Å². The molecule has 0 fully saturated rings. The maximum atomic E-state index is 3.82. The highest BCUT2D eigenvalue weighted by Crippen LogP contribution is 2.14. The quantitative estimate of drug-likeness (QED) is 0.348. The molecule has 1 aromatic carbocycles. The number of hydrogen-bond acceptors (Lipinski definition) is 1. The first-order valence-corrected chi connectivity index (χ1v) is 10.1. The van der Waals surface area contributed by atoms with E-state index in [1.807, 2.05) is 0 Å². The molecular formula is C22H39N. The summed E-state index contributed by atoms with van der Waals surface area (Å²) in [6.45, 7) is 5.61. The van der Waals surface area contributed by atoms with Crippen LogP contribution in [0.2, 0.25) is 0 Å². The molecule has 132 valence electrons. The highest BCUT2D eigenvalue weighted by atomic mass is 14.9. The largest absolute Gasteiger partial charge is 0.310 e. The first-order chi connectivity index (χ1) is 11.4. The number of unbranched alkanes of at least 4 members (excludes halogenated alkanes) is 8. The van der Waals surface area contributed by atoms with Gasteiger partial charge in [0.15, 0.2) is 0 Å². The van der Waals surface area contributed by atoms with Gasteiger partial charge < -0.3 is 5.32 Å². The zero-order chi connectivity index (χ0) is 16.6. The van der Waals surface area contributed by atoms with Gasteiger partial charge in [-0.3, -0.25) is 0 Å². The van der Waals surface area contributed by atoms with E-state index in [1.54, 1.807) is 0 Å². The van der Waals surface area contributed by atoms with Crippen LogP contribution < -0.4 is 5.32 Å². The Kier molecular flexibility index (Phi) is 13.0. The minimum Gasteiger partial charge on any atom is -0.310 e. The molecule has 0 aliphatic heterocycles. The molecule has 1 N–H and O–H groups in total.